The number of amides is 2. The summed E-state index contributed by atoms with van der Waals surface area (Å²) in [6.07, 6.45) is 6.93. The van der Waals surface area contributed by atoms with Gasteiger partial charge in [0.05, 0.1) is 19.3 Å². The molecule has 2 heterocycles. The van der Waals surface area contributed by atoms with Crippen molar-refractivity contribution in [3.05, 3.63) is 24.0 Å². The van der Waals surface area contributed by atoms with Gasteiger partial charge >= 0.3 is 0 Å². The number of carbonyl (C=O) groups is 2. The molecule has 2 aliphatic rings. The Hall–Kier alpha value is -1.91. The maximum absolute atomic E-state index is 12.4. The first-order chi connectivity index (χ1) is 10.1. The summed E-state index contributed by atoms with van der Waals surface area (Å²) in [5.74, 6) is 0.569. The van der Waals surface area contributed by atoms with Crippen LogP contribution < -0.4 is 4.74 Å². The third-order valence-corrected chi connectivity index (χ3v) is 4.66. The Balaban J connectivity index is 1.74. The number of nitrogens with zero attached hydrogens (tertiary/aromatic N) is 2. The van der Waals surface area contributed by atoms with Crippen LogP contribution in [0.4, 0.5) is 0 Å². The standard InChI is InChI=1S/C16H20N2O3/c1-21-13-4-7-17-12(8-13)11-18-14(19)9-16(10-15(18)20)5-2-3-6-16/h4,7-8H,2-3,5-6,9-11H2,1H3. The number of imide groups is 1. The lowest BCUT2D eigenvalue weighted by Crippen LogP contribution is -2.46. The van der Waals surface area contributed by atoms with Crippen molar-refractivity contribution in [3.63, 3.8) is 0 Å². The van der Waals surface area contributed by atoms with E-state index in [-0.39, 0.29) is 23.8 Å². The topological polar surface area (TPSA) is 59.5 Å². The average Bonchev–Trinajstić information content (AvgIpc) is 2.91. The number of rotatable bonds is 3. The summed E-state index contributed by atoms with van der Waals surface area (Å²) in [5.41, 5.74) is 0.630. The average molecular weight is 288 g/mol. The summed E-state index contributed by atoms with van der Waals surface area (Å²) in [4.78, 5) is 30.3. The number of ether oxygens (including phenoxy) is 1. The second kappa shape index (κ2) is 5.47. The van der Waals surface area contributed by atoms with Crippen molar-refractivity contribution in [2.24, 2.45) is 5.41 Å². The van der Waals surface area contributed by atoms with Gasteiger partial charge in [-0.1, -0.05) is 12.8 Å². The Kier molecular flexibility index (Phi) is 3.66. The zero-order valence-electron chi connectivity index (χ0n) is 12.3. The molecule has 2 fully saturated rings. The molecule has 1 aliphatic carbocycles. The fraction of sp³-hybridized carbons (Fsp3) is 0.562. The van der Waals surface area contributed by atoms with E-state index in [9.17, 15) is 9.59 Å². The van der Waals surface area contributed by atoms with Crippen LogP contribution in [0.25, 0.3) is 0 Å². The minimum absolute atomic E-state index is 0.0491. The predicted octanol–water partition coefficient (Wildman–Crippen LogP) is 2.30. The number of pyridine rings is 1. The normalized spacial score (nSPS) is 21.1. The molecule has 2 amide bonds. The lowest BCUT2D eigenvalue weighted by atomic mass is 9.76. The first kappa shape index (κ1) is 14.0. The second-order valence-electron chi connectivity index (χ2n) is 6.12. The Bertz CT molecular complexity index is 544. The molecule has 3 rings (SSSR count). The van der Waals surface area contributed by atoms with Crippen LogP contribution in [0.15, 0.2) is 18.3 Å². The van der Waals surface area contributed by atoms with Gasteiger partial charge in [0.15, 0.2) is 0 Å². The van der Waals surface area contributed by atoms with Crippen molar-refractivity contribution in [1.29, 1.82) is 0 Å². The van der Waals surface area contributed by atoms with Gasteiger partial charge in [-0.2, -0.15) is 0 Å². The molecular formula is C16H20N2O3. The van der Waals surface area contributed by atoms with E-state index >= 15 is 0 Å². The highest BCUT2D eigenvalue weighted by Crippen LogP contribution is 2.47. The highest BCUT2D eigenvalue weighted by Gasteiger charge is 2.45. The van der Waals surface area contributed by atoms with Crippen LogP contribution in [-0.2, 0) is 16.1 Å². The Morgan fingerprint density at radius 3 is 2.52 bits per heavy atom. The minimum atomic E-state index is -0.0576. The van der Waals surface area contributed by atoms with Crippen LogP contribution in [0.1, 0.15) is 44.2 Å². The van der Waals surface area contributed by atoms with Crippen LogP contribution in [0, 0.1) is 5.41 Å². The molecule has 0 unspecified atom stereocenters. The van der Waals surface area contributed by atoms with Crippen LogP contribution in [0.3, 0.4) is 0 Å². The summed E-state index contributed by atoms with van der Waals surface area (Å²) in [6, 6.07) is 3.51. The van der Waals surface area contributed by atoms with E-state index in [1.54, 1.807) is 25.4 Å². The Morgan fingerprint density at radius 1 is 1.24 bits per heavy atom. The summed E-state index contributed by atoms with van der Waals surface area (Å²) < 4.78 is 5.15. The smallest absolute Gasteiger partial charge is 0.230 e. The summed E-state index contributed by atoms with van der Waals surface area (Å²) in [6.45, 7) is 0.241. The molecule has 1 aromatic heterocycles. The maximum atomic E-state index is 12.4. The predicted molar refractivity (Wildman–Crippen MR) is 76.5 cm³/mol. The van der Waals surface area contributed by atoms with Gasteiger partial charge < -0.3 is 4.74 Å². The fourth-order valence-electron chi connectivity index (χ4n) is 3.52. The molecule has 0 atom stereocenters. The number of piperidine rings is 1. The number of methoxy groups -OCH3 is 1. The highest BCUT2D eigenvalue weighted by atomic mass is 16.5. The lowest BCUT2D eigenvalue weighted by Gasteiger charge is -2.37. The molecule has 0 aromatic carbocycles. The molecule has 1 saturated carbocycles. The molecule has 0 N–H and O–H groups in total. The van der Waals surface area contributed by atoms with Crippen LogP contribution >= 0.6 is 0 Å². The molecule has 0 bridgehead atoms. The zero-order valence-corrected chi connectivity index (χ0v) is 12.3. The van der Waals surface area contributed by atoms with Crippen LogP contribution in [-0.4, -0.2) is 28.8 Å². The van der Waals surface area contributed by atoms with Crippen molar-refractivity contribution in [2.45, 2.75) is 45.1 Å². The molecule has 1 spiro atoms. The van der Waals surface area contributed by atoms with E-state index in [2.05, 4.69) is 4.98 Å². The Morgan fingerprint density at radius 2 is 1.90 bits per heavy atom. The van der Waals surface area contributed by atoms with Gasteiger partial charge in [0.2, 0.25) is 11.8 Å². The zero-order chi connectivity index (χ0) is 14.9. The van der Waals surface area contributed by atoms with E-state index in [1.165, 1.54) is 4.90 Å². The number of aromatic nitrogens is 1. The first-order valence-electron chi connectivity index (χ1n) is 7.44. The van der Waals surface area contributed by atoms with Gasteiger partial charge in [0.25, 0.3) is 0 Å². The molecule has 21 heavy (non-hydrogen) atoms. The van der Waals surface area contributed by atoms with Gasteiger partial charge in [0.1, 0.15) is 5.75 Å². The third-order valence-electron chi connectivity index (χ3n) is 4.66. The number of carbonyl (C=O) groups excluding carboxylic acids is 2. The number of likely N-dealkylation sites (tertiary alicyclic amines) is 1. The lowest BCUT2D eigenvalue weighted by molar-refractivity contribution is -0.154. The fourth-order valence-corrected chi connectivity index (χ4v) is 3.52. The first-order valence-corrected chi connectivity index (χ1v) is 7.44. The van der Waals surface area contributed by atoms with Gasteiger partial charge in [-0.3, -0.25) is 19.5 Å². The van der Waals surface area contributed by atoms with Gasteiger partial charge in [0, 0.05) is 25.1 Å². The molecular weight excluding hydrogens is 268 g/mol. The van der Waals surface area contributed by atoms with Crippen LogP contribution in [0.2, 0.25) is 0 Å². The Labute approximate surface area is 124 Å². The molecule has 0 radical (unpaired) electrons. The van der Waals surface area contributed by atoms with Crippen molar-refractivity contribution >= 4 is 11.8 Å². The minimum Gasteiger partial charge on any atom is -0.497 e. The molecule has 1 saturated heterocycles. The third kappa shape index (κ3) is 2.77. The van der Waals surface area contributed by atoms with E-state index in [0.717, 1.165) is 25.7 Å². The van der Waals surface area contributed by atoms with Crippen molar-refractivity contribution in [1.82, 2.24) is 9.88 Å². The van der Waals surface area contributed by atoms with E-state index in [4.69, 9.17) is 4.74 Å². The van der Waals surface area contributed by atoms with Gasteiger partial charge in [-0.05, 0) is 24.3 Å². The van der Waals surface area contributed by atoms with Crippen LogP contribution in [0.5, 0.6) is 5.75 Å². The molecule has 5 nitrogen and oxygen atoms in total. The molecule has 1 aromatic rings. The van der Waals surface area contributed by atoms with E-state index in [0.29, 0.717) is 24.3 Å². The largest absolute Gasteiger partial charge is 0.497 e. The van der Waals surface area contributed by atoms with Crippen molar-refractivity contribution in [2.75, 3.05) is 7.11 Å². The van der Waals surface area contributed by atoms with Crippen molar-refractivity contribution in [3.8, 4) is 5.75 Å². The van der Waals surface area contributed by atoms with Gasteiger partial charge in [-0.15, -0.1) is 0 Å². The van der Waals surface area contributed by atoms with E-state index < -0.39 is 0 Å². The summed E-state index contributed by atoms with van der Waals surface area (Å²) in [7, 11) is 1.58. The van der Waals surface area contributed by atoms with E-state index in [1.807, 2.05) is 0 Å². The molecule has 5 heteroatoms. The van der Waals surface area contributed by atoms with Crippen molar-refractivity contribution < 1.29 is 14.3 Å². The SMILES string of the molecule is COc1ccnc(CN2C(=O)CC3(CCCC3)CC2=O)c1. The quantitative estimate of drug-likeness (QED) is 0.801. The summed E-state index contributed by atoms with van der Waals surface area (Å²) >= 11 is 0. The second-order valence-corrected chi connectivity index (χ2v) is 6.12. The number of hydrogen-bond donors (Lipinski definition) is 0. The molecule has 112 valence electrons. The number of hydrogen-bond acceptors (Lipinski definition) is 4. The highest BCUT2D eigenvalue weighted by molar-refractivity contribution is 5.98. The maximum Gasteiger partial charge on any atom is 0.230 e. The monoisotopic (exact) mass is 288 g/mol. The van der Waals surface area contributed by atoms with Gasteiger partial charge in [-0.25, -0.2) is 0 Å². The summed E-state index contributed by atoms with van der Waals surface area (Å²) in [5, 5.41) is 0. The molecule has 1 aliphatic heterocycles.